The normalized spacial score (nSPS) is 11.3. The lowest BCUT2D eigenvalue weighted by Gasteiger charge is -2.12. The van der Waals surface area contributed by atoms with Gasteiger partial charge in [0.2, 0.25) is 0 Å². The zero-order valence-electron chi connectivity index (χ0n) is 17.1. The van der Waals surface area contributed by atoms with Crippen LogP contribution in [0.1, 0.15) is 0 Å². The molecule has 0 bridgehead atoms. The minimum absolute atomic E-state index is 0.675. The molecular formula is C28H18ClN3. The Labute approximate surface area is 190 Å². The standard InChI is InChI=1S/C28H18ClN3/c29-22-15-9-14-21(18-22)27-30-26(20-12-5-2-6-13-20)31-28-24-17-8-7-16-23(24)25(32(27)28)19-10-3-1-4-11-19/h1-18H. The second-order valence-electron chi connectivity index (χ2n) is 7.67. The number of rotatable bonds is 3. The van der Waals surface area contributed by atoms with Crippen LogP contribution in [0.25, 0.3) is 50.5 Å². The highest BCUT2D eigenvalue weighted by atomic mass is 35.5. The summed E-state index contributed by atoms with van der Waals surface area (Å²) in [5.74, 6) is 1.50. The number of halogens is 1. The van der Waals surface area contributed by atoms with Crippen LogP contribution >= 0.6 is 11.6 Å². The van der Waals surface area contributed by atoms with Crippen LogP contribution in [0.4, 0.5) is 0 Å². The number of hydrogen-bond acceptors (Lipinski definition) is 2. The maximum Gasteiger partial charge on any atom is 0.163 e. The zero-order chi connectivity index (χ0) is 21.5. The van der Waals surface area contributed by atoms with E-state index in [-0.39, 0.29) is 0 Å². The lowest BCUT2D eigenvalue weighted by atomic mass is 10.1. The molecule has 0 aliphatic heterocycles. The van der Waals surface area contributed by atoms with Gasteiger partial charge < -0.3 is 0 Å². The monoisotopic (exact) mass is 431 g/mol. The lowest BCUT2D eigenvalue weighted by Crippen LogP contribution is -2.03. The van der Waals surface area contributed by atoms with Crippen molar-refractivity contribution < 1.29 is 0 Å². The molecule has 0 radical (unpaired) electrons. The van der Waals surface area contributed by atoms with Gasteiger partial charge in [-0.3, -0.25) is 4.40 Å². The summed E-state index contributed by atoms with van der Waals surface area (Å²) in [7, 11) is 0. The number of benzene rings is 4. The van der Waals surface area contributed by atoms with Gasteiger partial charge in [0, 0.05) is 26.9 Å². The van der Waals surface area contributed by atoms with Crippen molar-refractivity contribution in [1.29, 1.82) is 0 Å². The van der Waals surface area contributed by atoms with Crippen LogP contribution < -0.4 is 0 Å². The predicted molar refractivity (Wildman–Crippen MR) is 132 cm³/mol. The summed E-state index contributed by atoms with van der Waals surface area (Å²) >= 11 is 6.39. The van der Waals surface area contributed by atoms with E-state index >= 15 is 0 Å². The van der Waals surface area contributed by atoms with E-state index < -0.39 is 0 Å². The van der Waals surface area contributed by atoms with Crippen LogP contribution in [0, 0.1) is 0 Å². The van der Waals surface area contributed by atoms with Crippen molar-refractivity contribution in [2.45, 2.75) is 0 Å². The maximum atomic E-state index is 6.39. The van der Waals surface area contributed by atoms with Gasteiger partial charge in [-0.1, -0.05) is 109 Å². The predicted octanol–water partition coefficient (Wildman–Crippen LogP) is 7.54. The lowest BCUT2D eigenvalue weighted by molar-refractivity contribution is 1.05. The smallest absolute Gasteiger partial charge is 0.163 e. The van der Waals surface area contributed by atoms with Crippen LogP contribution in [0.3, 0.4) is 0 Å². The van der Waals surface area contributed by atoms with Crippen LogP contribution in [0.5, 0.6) is 0 Å². The molecule has 0 amide bonds. The average molecular weight is 432 g/mol. The SMILES string of the molecule is Clc1cccc(-c2nc(-c3ccccc3)nc3c4ccccc4c(-c4ccccc4)n23)c1. The Balaban J connectivity index is 1.81. The summed E-state index contributed by atoms with van der Waals surface area (Å²) in [6.07, 6.45) is 0. The van der Waals surface area contributed by atoms with E-state index in [2.05, 4.69) is 52.9 Å². The van der Waals surface area contributed by atoms with Gasteiger partial charge in [0.25, 0.3) is 0 Å². The molecule has 0 aliphatic carbocycles. The van der Waals surface area contributed by atoms with Crippen molar-refractivity contribution in [1.82, 2.24) is 14.4 Å². The number of fused-ring (bicyclic) bond motifs is 3. The molecule has 0 atom stereocenters. The number of hydrogen-bond donors (Lipinski definition) is 0. The van der Waals surface area contributed by atoms with Gasteiger partial charge in [0.05, 0.1) is 5.69 Å². The summed E-state index contributed by atoms with van der Waals surface area (Å²) in [6, 6.07) is 36.7. The fourth-order valence-electron chi connectivity index (χ4n) is 4.24. The quantitative estimate of drug-likeness (QED) is 0.289. The Hall–Kier alpha value is -3.95. The van der Waals surface area contributed by atoms with Crippen molar-refractivity contribution >= 4 is 28.0 Å². The molecule has 152 valence electrons. The van der Waals surface area contributed by atoms with Gasteiger partial charge in [0.1, 0.15) is 11.5 Å². The maximum absolute atomic E-state index is 6.39. The van der Waals surface area contributed by atoms with Crippen LogP contribution in [0.2, 0.25) is 5.02 Å². The fraction of sp³-hybridized carbons (Fsp3) is 0. The van der Waals surface area contributed by atoms with E-state index in [1.807, 2.05) is 60.7 Å². The van der Waals surface area contributed by atoms with Gasteiger partial charge in [0.15, 0.2) is 5.82 Å². The molecule has 0 unspecified atom stereocenters. The molecule has 3 nitrogen and oxygen atoms in total. The molecular weight excluding hydrogens is 414 g/mol. The van der Waals surface area contributed by atoms with Crippen LogP contribution in [0.15, 0.2) is 109 Å². The summed E-state index contributed by atoms with van der Waals surface area (Å²) in [6.45, 7) is 0. The first-order valence-corrected chi connectivity index (χ1v) is 10.9. The largest absolute Gasteiger partial charge is 0.277 e. The molecule has 0 saturated carbocycles. The Morgan fingerprint density at radius 3 is 1.91 bits per heavy atom. The van der Waals surface area contributed by atoms with Gasteiger partial charge in [-0.15, -0.1) is 0 Å². The highest BCUT2D eigenvalue weighted by Crippen LogP contribution is 2.37. The van der Waals surface area contributed by atoms with Gasteiger partial charge in [-0.05, 0) is 17.7 Å². The van der Waals surface area contributed by atoms with Crippen molar-refractivity contribution in [3.05, 3.63) is 114 Å². The van der Waals surface area contributed by atoms with Gasteiger partial charge >= 0.3 is 0 Å². The van der Waals surface area contributed by atoms with Gasteiger partial charge in [-0.2, -0.15) is 0 Å². The molecule has 6 aromatic rings. The second kappa shape index (κ2) is 7.63. The zero-order valence-corrected chi connectivity index (χ0v) is 17.9. The van der Waals surface area contributed by atoms with E-state index in [0.717, 1.165) is 44.6 Å². The van der Waals surface area contributed by atoms with E-state index in [1.54, 1.807) is 0 Å². The molecule has 6 rings (SSSR count). The highest BCUT2D eigenvalue weighted by molar-refractivity contribution is 6.30. The fourth-order valence-corrected chi connectivity index (χ4v) is 4.43. The van der Waals surface area contributed by atoms with Crippen LogP contribution in [-0.4, -0.2) is 14.4 Å². The van der Waals surface area contributed by atoms with E-state index in [0.29, 0.717) is 10.8 Å². The molecule has 2 heterocycles. The second-order valence-corrected chi connectivity index (χ2v) is 8.10. The van der Waals surface area contributed by atoms with Crippen molar-refractivity contribution in [3.63, 3.8) is 0 Å². The average Bonchev–Trinajstić information content (AvgIpc) is 3.19. The molecule has 32 heavy (non-hydrogen) atoms. The molecule has 0 saturated heterocycles. The summed E-state index contributed by atoms with van der Waals surface area (Å²) in [5, 5.41) is 2.91. The summed E-state index contributed by atoms with van der Waals surface area (Å²) in [4.78, 5) is 10.1. The molecule has 2 aromatic heterocycles. The van der Waals surface area contributed by atoms with Crippen molar-refractivity contribution in [3.8, 4) is 34.0 Å². The Morgan fingerprint density at radius 1 is 0.562 bits per heavy atom. The molecule has 0 spiro atoms. The third-order valence-electron chi connectivity index (χ3n) is 5.66. The number of nitrogens with zero attached hydrogens (tertiary/aromatic N) is 3. The first-order chi connectivity index (χ1) is 15.8. The van der Waals surface area contributed by atoms with E-state index in [9.17, 15) is 0 Å². The molecule has 0 aliphatic rings. The minimum Gasteiger partial charge on any atom is -0.277 e. The van der Waals surface area contributed by atoms with E-state index in [4.69, 9.17) is 21.6 Å². The summed E-state index contributed by atoms with van der Waals surface area (Å²) in [5.41, 5.74) is 4.99. The highest BCUT2D eigenvalue weighted by Gasteiger charge is 2.20. The summed E-state index contributed by atoms with van der Waals surface area (Å²) < 4.78 is 2.16. The Morgan fingerprint density at radius 2 is 1.19 bits per heavy atom. The Kier molecular flexibility index (Phi) is 4.48. The molecule has 0 N–H and O–H groups in total. The first kappa shape index (κ1) is 18.8. The molecule has 4 heteroatoms. The number of aromatic nitrogens is 3. The first-order valence-electron chi connectivity index (χ1n) is 10.5. The third-order valence-corrected chi connectivity index (χ3v) is 5.89. The minimum atomic E-state index is 0.675. The molecule has 4 aromatic carbocycles. The Bertz CT molecular complexity index is 1570. The van der Waals surface area contributed by atoms with Crippen molar-refractivity contribution in [2.75, 3.05) is 0 Å². The third kappa shape index (κ3) is 3.06. The molecule has 0 fully saturated rings. The van der Waals surface area contributed by atoms with Gasteiger partial charge in [-0.25, -0.2) is 9.97 Å². The topological polar surface area (TPSA) is 30.2 Å². The van der Waals surface area contributed by atoms with E-state index in [1.165, 1.54) is 0 Å². The van der Waals surface area contributed by atoms with Crippen LogP contribution in [-0.2, 0) is 0 Å². The van der Waals surface area contributed by atoms with Crippen molar-refractivity contribution in [2.24, 2.45) is 0 Å².